The molecule has 0 aliphatic rings. The molecule has 0 amide bonds. The predicted octanol–water partition coefficient (Wildman–Crippen LogP) is 3.44. The molecule has 0 spiro atoms. The van der Waals surface area contributed by atoms with Crippen molar-refractivity contribution < 1.29 is 0 Å². The normalized spacial score (nSPS) is 10.9. The SMILES string of the molecule is CN(C)c1cccc(-n2c(N)nc3ccc(Br)cc32)c1. The van der Waals surface area contributed by atoms with Gasteiger partial charge in [0.2, 0.25) is 5.95 Å². The zero-order valence-corrected chi connectivity index (χ0v) is 12.9. The van der Waals surface area contributed by atoms with Crippen LogP contribution >= 0.6 is 15.9 Å². The largest absolute Gasteiger partial charge is 0.378 e. The summed E-state index contributed by atoms with van der Waals surface area (Å²) in [5.74, 6) is 0.494. The summed E-state index contributed by atoms with van der Waals surface area (Å²) in [6.07, 6.45) is 0. The third-order valence-electron chi connectivity index (χ3n) is 3.25. The van der Waals surface area contributed by atoms with Gasteiger partial charge >= 0.3 is 0 Å². The van der Waals surface area contributed by atoms with E-state index in [-0.39, 0.29) is 0 Å². The maximum Gasteiger partial charge on any atom is 0.205 e. The lowest BCUT2D eigenvalue weighted by Gasteiger charge is -2.14. The molecule has 102 valence electrons. The number of nitrogens with two attached hydrogens (primary N) is 1. The van der Waals surface area contributed by atoms with Crippen LogP contribution in [0, 0.1) is 0 Å². The Balaban J connectivity index is 2.26. The Bertz CT molecular complexity index is 777. The quantitative estimate of drug-likeness (QED) is 0.782. The van der Waals surface area contributed by atoms with Gasteiger partial charge in [0, 0.05) is 24.3 Å². The number of imidazole rings is 1. The highest BCUT2D eigenvalue weighted by molar-refractivity contribution is 9.10. The van der Waals surface area contributed by atoms with Crippen LogP contribution in [-0.4, -0.2) is 23.6 Å². The minimum Gasteiger partial charge on any atom is -0.378 e. The van der Waals surface area contributed by atoms with E-state index >= 15 is 0 Å². The molecule has 0 aliphatic heterocycles. The smallest absolute Gasteiger partial charge is 0.205 e. The molecule has 5 heteroatoms. The van der Waals surface area contributed by atoms with Crippen molar-refractivity contribution in [2.24, 2.45) is 0 Å². The van der Waals surface area contributed by atoms with Gasteiger partial charge in [-0.2, -0.15) is 0 Å². The molecule has 0 unspecified atom stereocenters. The van der Waals surface area contributed by atoms with Crippen LogP contribution in [0.1, 0.15) is 0 Å². The van der Waals surface area contributed by atoms with E-state index < -0.39 is 0 Å². The van der Waals surface area contributed by atoms with E-state index in [1.165, 1.54) is 0 Å². The fraction of sp³-hybridized carbons (Fsp3) is 0.133. The van der Waals surface area contributed by atoms with Crippen molar-refractivity contribution in [1.29, 1.82) is 0 Å². The van der Waals surface area contributed by atoms with Crippen molar-refractivity contribution in [3.05, 3.63) is 46.9 Å². The minimum absolute atomic E-state index is 0.494. The van der Waals surface area contributed by atoms with E-state index in [0.717, 1.165) is 26.9 Å². The van der Waals surface area contributed by atoms with Gasteiger partial charge in [-0.25, -0.2) is 4.98 Å². The third-order valence-corrected chi connectivity index (χ3v) is 3.74. The van der Waals surface area contributed by atoms with Gasteiger partial charge in [0.1, 0.15) is 0 Å². The number of hydrogen-bond acceptors (Lipinski definition) is 3. The zero-order chi connectivity index (χ0) is 14.3. The second kappa shape index (κ2) is 4.83. The standard InChI is InChI=1S/C15H15BrN4/c1-19(2)11-4-3-5-12(9-11)20-14-8-10(16)6-7-13(14)18-15(20)17/h3-9H,1-2H3,(H2,17,18). The first-order chi connectivity index (χ1) is 9.56. The van der Waals surface area contributed by atoms with Crippen molar-refractivity contribution in [1.82, 2.24) is 9.55 Å². The van der Waals surface area contributed by atoms with Crippen LogP contribution in [-0.2, 0) is 0 Å². The van der Waals surface area contributed by atoms with Gasteiger partial charge in [-0.3, -0.25) is 4.57 Å². The van der Waals surface area contributed by atoms with Gasteiger partial charge in [-0.1, -0.05) is 22.0 Å². The Morgan fingerprint density at radius 1 is 1.15 bits per heavy atom. The highest BCUT2D eigenvalue weighted by Gasteiger charge is 2.11. The summed E-state index contributed by atoms with van der Waals surface area (Å²) in [6.45, 7) is 0. The predicted molar refractivity (Wildman–Crippen MR) is 87.5 cm³/mol. The van der Waals surface area contributed by atoms with Crippen LogP contribution in [0.25, 0.3) is 16.7 Å². The molecular formula is C15H15BrN4. The maximum atomic E-state index is 6.08. The first-order valence-electron chi connectivity index (χ1n) is 6.27. The van der Waals surface area contributed by atoms with Crippen molar-refractivity contribution in [2.45, 2.75) is 0 Å². The Hall–Kier alpha value is -2.01. The van der Waals surface area contributed by atoms with E-state index in [0.29, 0.717) is 5.95 Å². The van der Waals surface area contributed by atoms with E-state index in [2.05, 4.69) is 37.9 Å². The summed E-state index contributed by atoms with van der Waals surface area (Å²) in [6, 6.07) is 14.2. The minimum atomic E-state index is 0.494. The van der Waals surface area contributed by atoms with Crippen molar-refractivity contribution in [2.75, 3.05) is 24.7 Å². The van der Waals surface area contributed by atoms with E-state index in [1.54, 1.807) is 0 Å². The number of nitrogens with zero attached hydrogens (tertiary/aromatic N) is 3. The molecule has 0 fully saturated rings. The first-order valence-corrected chi connectivity index (χ1v) is 7.07. The van der Waals surface area contributed by atoms with Gasteiger partial charge in [0.15, 0.2) is 0 Å². The molecule has 0 saturated heterocycles. The molecular weight excluding hydrogens is 316 g/mol. The lowest BCUT2D eigenvalue weighted by Crippen LogP contribution is -2.09. The Morgan fingerprint density at radius 2 is 1.95 bits per heavy atom. The maximum absolute atomic E-state index is 6.08. The second-order valence-electron chi connectivity index (χ2n) is 4.85. The second-order valence-corrected chi connectivity index (χ2v) is 5.77. The third kappa shape index (κ3) is 2.14. The highest BCUT2D eigenvalue weighted by atomic mass is 79.9. The first kappa shape index (κ1) is 13.0. The number of nitrogen functional groups attached to an aromatic ring is 1. The number of benzene rings is 2. The van der Waals surface area contributed by atoms with Crippen LogP contribution in [0.4, 0.5) is 11.6 Å². The Morgan fingerprint density at radius 3 is 2.70 bits per heavy atom. The number of halogens is 1. The summed E-state index contributed by atoms with van der Waals surface area (Å²) in [4.78, 5) is 6.48. The molecule has 0 saturated carbocycles. The zero-order valence-electron chi connectivity index (χ0n) is 11.3. The van der Waals surface area contributed by atoms with Crippen LogP contribution in [0.5, 0.6) is 0 Å². The van der Waals surface area contributed by atoms with Gasteiger partial charge < -0.3 is 10.6 Å². The van der Waals surface area contributed by atoms with Gasteiger partial charge in [-0.05, 0) is 36.4 Å². The Labute approximate surface area is 126 Å². The average molecular weight is 331 g/mol. The molecule has 2 aromatic carbocycles. The fourth-order valence-electron chi connectivity index (χ4n) is 2.25. The molecule has 3 aromatic rings. The molecule has 1 heterocycles. The molecule has 0 atom stereocenters. The van der Waals surface area contributed by atoms with Gasteiger partial charge in [-0.15, -0.1) is 0 Å². The molecule has 2 N–H and O–H groups in total. The lowest BCUT2D eigenvalue weighted by molar-refractivity contribution is 1.09. The lowest BCUT2D eigenvalue weighted by atomic mass is 10.2. The number of anilines is 2. The van der Waals surface area contributed by atoms with Crippen LogP contribution in [0.15, 0.2) is 46.9 Å². The van der Waals surface area contributed by atoms with Crippen molar-refractivity contribution in [3.8, 4) is 5.69 Å². The Kier molecular flexibility index (Phi) is 3.14. The van der Waals surface area contributed by atoms with Crippen molar-refractivity contribution in [3.63, 3.8) is 0 Å². The summed E-state index contributed by atoms with van der Waals surface area (Å²) in [7, 11) is 4.04. The summed E-state index contributed by atoms with van der Waals surface area (Å²) < 4.78 is 2.97. The highest BCUT2D eigenvalue weighted by Crippen LogP contribution is 2.27. The summed E-state index contributed by atoms with van der Waals surface area (Å²) in [5, 5.41) is 0. The van der Waals surface area contributed by atoms with Crippen LogP contribution < -0.4 is 10.6 Å². The summed E-state index contributed by atoms with van der Waals surface area (Å²) >= 11 is 3.50. The fourth-order valence-corrected chi connectivity index (χ4v) is 2.60. The molecule has 4 nitrogen and oxygen atoms in total. The molecule has 0 radical (unpaired) electrons. The van der Waals surface area contributed by atoms with E-state index in [4.69, 9.17) is 5.73 Å². The molecule has 0 aliphatic carbocycles. The molecule has 20 heavy (non-hydrogen) atoms. The summed E-state index contributed by atoms with van der Waals surface area (Å²) in [5.41, 5.74) is 10.1. The van der Waals surface area contributed by atoms with Crippen LogP contribution in [0.2, 0.25) is 0 Å². The average Bonchev–Trinajstić information content (AvgIpc) is 2.74. The molecule has 0 bridgehead atoms. The topological polar surface area (TPSA) is 47.1 Å². The van der Waals surface area contributed by atoms with Crippen molar-refractivity contribution >= 4 is 38.6 Å². The van der Waals surface area contributed by atoms with Gasteiger partial charge in [0.25, 0.3) is 0 Å². The van der Waals surface area contributed by atoms with E-state index in [1.807, 2.05) is 49.0 Å². The number of fused-ring (bicyclic) bond motifs is 1. The monoisotopic (exact) mass is 330 g/mol. The van der Waals surface area contributed by atoms with Crippen LogP contribution in [0.3, 0.4) is 0 Å². The van der Waals surface area contributed by atoms with Gasteiger partial charge in [0.05, 0.1) is 16.7 Å². The molecule has 1 aromatic heterocycles. The van der Waals surface area contributed by atoms with E-state index in [9.17, 15) is 0 Å². The number of hydrogen-bond donors (Lipinski definition) is 1. The molecule has 3 rings (SSSR count). The number of rotatable bonds is 2. The number of aromatic nitrogens is 2.